The molecule has 0 unspecified atom stereocenters. The zero-order valence-corrected chi connectivity index (χ0v) is 21.3. The molecule has 4 heteroatoms. The largest absolute Gasteiger partial charge is 0.490 e. The van der Waals surface area contributed by atoms with Crippen molar-refractivity contribution in [3.63, 3.8) is 0 Å². The molecule has 0 heterocycles. The number of allylic oxidation sites excluding steroid dienone is 1. The average Bonchev–Trinajstić information content (AvgIpc) is 2.86. The van der Waals surface area contributed by atoms with Crippen molar-refractivity contribution in [2.75, 3.05) is 6.61 Å². The highest BCUT2D eigenvalue weighted by Crippen LogP contribution is 2.23. The molecule has 1 nitrogen and oxygen atoms in total. The summed E-state index contributed by atoms with van der Waals surface area (Å²) < 4.78 is 48.7. The Morgan fingerprint density at radius 1 is 0.743 bits per heavy atom. The predicted octanol–water partition coefficient (Wildman–Crippen LogP) is 9.62. The maximum atomic E-state index is 14.5. The fraction of sp³-hybridized carbons (Fsp3) is 0.484. The van der Waals surface area contributed by atoms with E-state index in [1.165, 1.54) is 50.3 Å². The lowest BCUT2D eigenvalue weighted by atomic mass is 10.1. The highest BCUT2D eigenvalue weighted by atomic mass is 19.2. The molecule has 0 atom stereocenters. The van der Waals surface area contributed by atoms with E-state index in [-0.39, 0.29) is 17.1 Å². The first-order chi connectivity index (χ1) is 17.1. The summed E-state index contributed by atoms with van der Waals surface area (Å²) in [5.74, 6) is 2.76. The molecule has 0 aromatic heterocycles. The minimum absolute atomic E-state index is 0.0813. The molecule has 0 aliphatic carbocycles. The molecule has 2 aromatic carbocycles. The first-order valence-corrected chi connectivity index (χ1v) is 13.2. The van der Waals surface area contributed by atoms with Gasteiger partial charge in [0.25, 0.3) is 0 Å². The van der Waals surface area contributed by atoms with Crippen LogP contribution in [-0.2, 0) is 0 Å². The summed E-state index contributed by atoms with van der Waals surface area (Å²) in [6, 6.07) is 7.44. The van der Waals surface area contributed by atoms with Crippen LogP contribution in [0.5, 0.6) is 5.75 Å². The number of unbranched alkanes of at least 4 members (excludes halogenated alkanes) is 10. The molecular formula is C31H39F3O. The van der Waals surface area contributed by atoms with E-state index in [0.717, 1.165) is 44.9 Å². The second kappa shape index (κ2) is 16.9. The van der Waals surface area contributed by atoms with Crippen molar-refractivity contribution in [2.24, 2.45) is 0 Å². The molecule has 0 saturated heterocycles. The molecular weight excluding hydrogens is 445 g/mol. The van der Waals surface area contributed by atoms with E-state index in [1.54, 1.807) is 18.2 Å². The van der Waals surface area contributed by atoms with Gasteiger partial charge in [0.2, 0.25) is 5.82 Å². The third-order valence-electron chi connectivity index (χ3n) is 5.92. The molecule has 190 valence electrons. The van der Waals surface area contributed by atoms with Crippen molar-refractivity contribution in [3.05, 3.63) is 70.5 Å². The van der Waals surface area contributed by atoms with E-state index in [2.05, 4.69) is 25.7 Å². The molecule has 0 radical (unpaired) electrons. The number of rotatable bonds is 15. The molecule has 0 saturated carbocycles. The Balaban J connectivity index is 1.87. The summed E-state index contributed by atoms with van der Waals surface area (Å²) in [5, 5.41) is 0. The van der Waals surface area contributed by atoms with Crippen LogP contribution in [0.4, 0.5) is 13.2 Å². The van der Waals surface area contributed by atoms with Gasteiger partial charge in [0.1, 0.15) is 5.82 Å². The summed E-state index contributed by atoms with van der Waals surface area (Å²) in [4.78, 5) is 0. The Kier molecular flexibility index (Phi) is 13.8. The Hall–Kier alpha value is -2.67. The van der Waals surface area contributed by atoms with Gasteiger partial charge in [-0.2, -0.15) is 4.39 Å². The molecule has 0 fully saturated rings. The fourth-order valence-corrected chi connectivity index (χ4v) is 3.76. The maximum Gasteiger partial charge on any atom is 0.201 e. The van der Waals surface area contributed by atoms with Gasteiger partial charge >= 0.3 is 0 Å². The van der Waals surface area contributed by atoms with Gasteiger partial charge in [-0.1, -0.05) is 102 Å². The van der Waals surface area contributed by atoms with Crippen molar-refractivity contribution in [3.8, 4) is 17.6 Å². The second-order valence-corrected chi connectivity index (χ2v) is 8.95. The number of hydrogen-bond donors (Lipinski definition) is 0. The summed E-state index contributed by atoms with van der Waals surface area (Å²) in [5.41, 5.74) is 0.810. The number of benzene rings is 2. The maximum absolute atomic E-state index is 14.5. The molecule has 35 heavy (non-hydrogen) atoms. The summed E-state index contributed by atoms with van der Waals surface area (Å²) in [6.45, 7) is 4.70. The molecule has 2 rings (SSSR count). The molecule has 0 spiro atoms. The van der Waals surface area contributed by atoms with Gasteiger partial charge in [0.05, 0.1) is 12.2 Å². The van der Waals surface area contributed by atoms with E-state index in [4.69, 9.17) is 4.74 Å². The van der Waals surface area contributed by atoms with Gasteiger partial charge in [-0.05, 0) is 43.5 Å². The second-order valence-electron chi connectivity index (χ2n) is 8.95. The van der Waals surface area contributed by atoms with Crippen LogP contribution in [0.25, 0.3) is 6.08 Å². The van der Waals surface area contributed by atoms with Crippen molar-refractivity contribution >= 4 is 6.08 Å². The minimum Gasteiger partial charge on any atom is -0.490 e. The monoisotopic (exact) mass is 484 g/mol. The van der Waals surface area contributed by atoms with Crippen LogP contribution in [0.1, 0.15) is 108 Å². The lowest BCUT2D eigenvalue weighted by Gasteiger charge is -2.08. The van der Waals surface area contributed by atoms with Crippen LogP contribution in [-0.4, -0.2) is 6.61 Å². The van der Waals surface area contributed by atoms with Crippen molar-refractivity contribution in [1.82, 2.24) is 0 Å². The molecule has 0 N–H and O–H groups in total. The Morgan fingerprint density at radius 3 is 2.14 bits per heavy atom. The summed E-state index contributed by atoms with van der Waals surface area (Å²) in [6.07, 6.45) is 17.3. The molecule has 0 aliphatic heterocycles. The van der Waals surface area contributed by atoms with Gasteiger partial charge in [0, 0.05) is 11.1 Å². The van der Waals surface area contributed by atoms with Gasteiger partial charge in [0.15, 0.2) is 11.6 Å². The number of hydrogen-bond acceptors (Lipinski definition) is 1. The first-order valence-electron chi connectivity index (χ1n) is 13.2. The number of ether oxygens (including phenoxy) is 1. The smallest absolute Gasteiger partial charge is 0.201 e. The van der Waals surface area contributed by atoms with Crippen LogP contribution in [0.3, 0.4) is 0 Å². The normalized spacial score (nSPS) is 11.0. The Labute approximate surface area is 209 Å². The van der Waals surface area contributed by atoms with Gasteiger partial charge in [-0.25, -0.2) is 8.78 Å². The summed E-state index contributed by atoms with van der Waals surface area (Å²) >= 11 is 0. The van der Waals surface area contributed by atoms with Crippen molar-refractivity contribution in [1.29, 1.82) is 0 Å². The van der Waals surface area contributed by atoms with E-state index in [0.29, 0.717) is 17.7 Å². The van der Waals surface area contributed by atoms with E-state index in [9.17, 15) is 13.2 Å². The SMILES string of the molecule is CCCCCC=Cc1ccc(C#Cc2ccc(OCCCCCCCCCC)c(F)c2F)cc1F. The third kappa shape index (κ3) is 10.6. The quantitative estimate of drug-likeness (QED) is 0.181. The highest BCUT2D eigenvalue weighted by Gasteiger charge is 2.13. The molecule has 2 aromatic rings. The van der Waals surface area contributed by atoms with Crippen LogP contribution in [0, 0.1) is 29.3 Å². The van der Waals surface area contributed by atoms with Gasteiger partial charge in [-0.3, -0.25) is 0 Å². The lowest BCUT2D eigenvalue weighted by molar-refractivity contribution is 0.284. The van der Waals surface area contributed by atoms with Crippen LogP contribution < -0.4 is 4.74 Å². The number of halogens is 3. The van der Waals surface area contributed by atoms with Crippen molar-refractivity contribution in [2.45, 2.75) is 90.9 Å². The fourth-order valence-electron chi connectivity index (χ4n) is 3.76. The van der Waals surface area contributed by atoms with E-state index in [1.807, 2.05) is 6.08 Å². The topological polar surface area (TPSA) is 9.23 Å². The first kappa shape index (κ1) is 28.6. The molecule has 0 bridgehead atoms. The van der Waals surface area contributed by atoms with E-state index >= 15 is 0 Å². The van der Waals surface area contributed by atoms with Crippen LogP contribution >= 0.6 is 0 Å². The Bertz CT molecular complexity index is 985. The molecule has 0 aliphatic rings. The Morgan fingerprint density at radius 2 is 1.43 bits per heavy atom. The standard InChI is InChI=1S/C31H39F3O/c1-3-5-7-9-10-11-13-15-23-35-29-22-21-27(30(33)31(29)34)20-18-25-17-19-26(28(32)24-25)16-14-12-8-6-4-2/h14,16-17,19,21-22,24H,3-13,15,23H2,1-2H3. The zero-order chi connectivity index (χ0) is 25.3. The zero-order valence-electron chi connectivity index (χ0n) is 21.3. The van der Waals surface area contributed by atoms with Crippen LogP contribution in [0.15, 0.2) is 36.4 Å². The van der Waals surface area contributed by atoms with Gasteiger partial charge < -0.3 is 4.74 Å². The van der Waals surface area contributed by atoms with Gasteiger partial charge in [-0.15, -0.1) is 0 Å². The minimum atomic E-state index is -1.04. The summed E-state index contributed by atoms with van der Waals surface area (Å²) in [7, 11) is 0. The molecule has 0 amide bonds. The lowest BCUT2D eigenvalue weighted by Crippen LogP contribution is -2.02. The highest BCUT2D eigenvalue weighted by molar-refractivity contribution is 5.53. The van der Waals surface area contributed by atoms with Crippen molar-refractivity contribution < 1.29 is 17.9 Å². The third-order valence-corrected chi connectivity index (χ3v) is 5.92. The van der Waals surface area contributed by atoms with Crippen LogP contribution in [0.2, 0.25) is 0 Å². The predicted molar refractivity (Wildman–Crippen MR) is 140 cm³/mol. The average molecular weight is 485 g/mol. The van der Waals surface area contributed by atoms with E-state index < -0.39 is 11.6 Å².